The summed E-state index contributed by atoms with van der Waals surface area (Å²) < 4.78 is 9.70. The van der Waals surface area contributed by atoms with Crippen molar-refractivity contribution in [2.45, 2.75) is 0 Å². The highest BCUT2D eigenvalue weighted by Crippen LogP contribution is 2.15. The van der Waals surface area contributed by atoms with Crippen molar-refractivity contribution in [1.82, 2.24) is 5.32 Å². The van der Waals surface area contributed by atoms with Crippen molar-refractivity contribution < 1.29 is 19.1 Å². The molecule has 2 aromatic carbocycles. The van der Waals surface area contributed by atoms with Crippen molar-refractivity contribution in [3.63, 3.8) is 0 Å². The normalized spacial score (nSPS) is 11.9. The maximum atomic E-state index is 12.1. The summed E-state index contributed by atoms with van der Waals surface area (Å²) in [6.07, 6.45) is 3.41. The molecule has 7 heteroatoms. The molecule has 0 amide bonds. The average molecular weight is 434 g/mol. The van der Waals surface area contributed by atoms with E-state index in [1.54, 1.807) is 60.7 Å². The van der Waals surface area contributed by atoms with Gasteiger partial charge in [0.15, 0.2) is 0 Å². The predicted molar refractivity (Wildman–Crippen MR) is 116 cm³/mol. The molecule has 2 aromatic rings. The van der Waals surface area contributed by atoms with Gasteiger partial charge >= 0.3 is 11.9 Å². The van der Waals surface area contributed by atoms with Gasteiger partial charge in [0.05, 0.1) is 25.4 Å². The van der Waals surface area contributed by atoms with Crippen LogP contribution in [0.15, 0.2) is 59.7 Å². The highest BCUT2D eigenvalue weighted by atomic mass is 35.5. The molecule has 0 saturated heterocycles. The van der Waals surface area contributed by atoms with Gasteiger partial charge in [0.1, 0.15) is 0 Å². The largest absolute Gasteiger partial charge is 0.466 e. The fourth-order valence-corrected chi connectivity index (χ4v) is 2.73. The first-order chi connectivity index (χ1) is 13.9. The molecule has 0 radical (unpaired) electrons. The SMILES string of the molecule is COC(=O)/C(=C/c1ccc(Cl)cc1)CNC/C(=C\c1ccc(Cl)cc1)C(=O)OC. The number of hydrogen-bond donors (Lipinski definition) is 1. The Bertz CT molecular complexity index is 828. The van der Waals surface area contributed by atoms with Gasteiger partial charge in [-0.1, -0.05) is 47.5 Å². The zero-order chi connectivity index (χ0) is 21.2. The summed E-state index contributed by atoms with van der Waals surface area (Å²) in [7, 11) is 2.64. The Morgan fingerprint density at radius 3 is 1.41 bits per heavy atom. The third-order valence-corrected chi connectivity index (χ3v) is 4.45. The molecule has 0 bridgehead atoms. The lowest BCUT2D eigenvalue weighted by molar-refractivity contribution is -0.136. The van der Waals surface area contributed by atoms with E-state index in [0.29, 0.717) is 21.2 Å². The van der Waals surface area contributed by atoms with Gasteiger partial charge in [0.25, 0.3) is 0 Å². The van der Waals surface area contributed by atoms with Crippen LogP contribution in [0.3, 0.4) is 0 Å². The minimum absolute atomic E-state index is 0.199. The predicted octanol–water partition coefficient (Wildman–Crippen LogP) is 4.40. The monoisotopic (exact) mass is 433 g/mol. The van der Waals surface area contributed by atoms with Crippen molar-refractivity contribution in [3.8, 4) is 0 Å². The molecule has 0 saturated carbocycles. The van der Waals surface area contributed by atoms with E-state index in [-0.39, 0.29) is 13.1 Å². The van der Waals surface area contributed by atoms with E-state index in [0.717, 1.165) is 11.1 Å². The number of benzene rings is 2. The van der Waals surface area contributed by atoms with Gasteiger partial charge in [-0.25, -0.2) is 9.59 Å². The maximum absolute atomic E-state index is 12.1. The number of methoxy groups -OCH3 is 2. The molecule has 0 atom stereocenters. The van der Waals surface area contributed by atoms with Crippen molar-refractivity contribution in [1.29, 1.82) is 0 Å². The first kappa shape index (κ1) is 22.7. The van der Waals surface area contributed by atoms with Gasteiger partial charge < -0.3 is 14.8 Å². The molecular weight excluding hydrogens is 413 g/mol. The van der Waals surface area contributed by atoms with Crippen LogP contribution in [0.4, 0.5) is 0 Å². The van der Waals surface area contributed by atoms with Gasteiger partial charge in [-0.15, -0.1) is 0 Å². The van der Waals surface area contributed by atoms with Gasteiger partial charge in [0, 0.05) is 23.1 Å². The molecule has 0 aliphatic heterocycles. The number of hydrogen-bond acceptors (Lipinski definition) is 5. The number of esters is 2. The maximum Gasteiger partial charge on any atom is 0.335 e. The van der Waals surface area contributed by atoms with Gasteiger partial charge in [-0.05, 0) is 47.5 Å². The third kappa shape index (κ3) is 7.38. The number of carbonyl (C=O) groups is 2. The topological polar surface area (TPSA) is 64.6 Å². The van der Waals surface area contributed by atoms with Crippen LogP contribution < -0.4 is 5.32 Å². The van der Waals surface area contributed by atoms with Crippen molar-refractivity contribution >= 4 is 47.3 Å². The molecule has 0 unspecified atom stereocenters. The quantitative estimate of drug-likeness (QED) is 0.493. The fraction of sp³-hybridized carbons (Fsp3) is 0.182. The van der Waals surface area contributed by atoms with E-state index >= 15 is 0 Å². The number of rotatable bonds is 8. The third-order valence-electron chi connectivity index (χ3n) is 3.95. The van der Waals surface area contributed by atoms with Crippen LogP contribution in [0.2, 0.25) is 10.0 Å². The average Bonchev–Trinajstić information content (AvgIpc) is 2.74. The highest BCUT2D eigenvalue weighted by molar-refractivity contribution is 6.30. The van der Waals surface area contributed by atoms with Gasteiger partial charge in [-0.2, -0.15) is 0 Å². The number of nitrogens with one attached hydrogen (secondary N) is 1. The van der Waals surface area contributed by atoms with E-state index in [9.17, 15) is 9.59 Å². The van der Waals surface area contributed by atoms with Crippen LogP contribution in [0.25, 0.3) is 12.2 Å². The van der Waals surface area contributed by atoms with Gasteiger partial charge in [0.2, 0.25) is 0 Å². The molecule has 29 heavy (non-hydrogen) atoms. The van der Waals surface area contributed by atoms with Crippen molar-refractivity contribution in [2.75, 3.05) is 27.3 Å². The second-order valence-electron chi connectivity index (χ2n) is 6.03. The minimum atomic E-state index is -0.464. The Morgan fingerprint density at radius 2 is 1.10 bits per heavy atom. The summed E-state index contributed by atoms with van der Waals surface area (Å²) in [5.74, 6) is -0.928. The van der Waals surface area contributed by atoms with E-state index < -0.39 is 11.9 Å². The van der Waals surface area contributed by atoms with E-state index in [2.05, 4.69) is 5.32 Å². The van der Waals surface area contributed by atoms with Crippen LogP contribution in [-0.2, 0) is 19.1 Å². The molecule has 0 aliphatic carbocycles. The molecule has 0 spiro atoms. The number of carbonyl (C=O) groups excluding carboxylic acids is 2. The second kappa shape index (κ2) is 11.4. The van der Waals surface area contributed by atoms with Gasteiger partial charge in [-0.3, -0.25) is 0 Å². The first-order valence-corrected chi connectivity index (χ1v) is 9.48. The summed E-state index contributed by atoms with van der Waals surface area (Å²) in [5.41, 5.74) is 2.43. The Hall–Kier alpha value is -2.60. The molecular formula is C22H21Cl2NO4. The summed E-state index contributed by atoms with van der Waals surface area (Å²) in [6.45, 7) is 0.397. The van der Waals surface area contributed by atoms with Crippen LogP contribution in [0.1, 0.15) is 11.1 Å². The van der Waals surface area contributed by atoms with Crippen molar-refractivity contribution in [3.05, 3.63) is 80.8 Å². The van der Waals surface area contributed by atoms with Crippen LogP contribution in [-0.4, -0.2) is 39.2 Å². The summed E-state index contributed by atoms with van der Waals surface area (Å²) in [4.78, 5) is 24.2. The summed E-state index contributed by atoms with van der Waals surface area (Å²) in [5, 5.41) is 4.30. The molecule has 5 nitrogen and oxygen atoms in total. The first-order valence-electron chi connectivity index (χ1n) is 8.72. The second-order valence-corrected chi connectivity index (χ2v) is 6.90. The highest BCUT2D eigenvalue weighted by Gasteiger charge is 2.13. The summed E-state index contributed by atoms with van der Waals surface area (Å²) >= 11 is 11.8. The number of ether oxygens (including phenoxy) is 2. The Kier molecular flexibility index (Phi) is 8.93. The molecule has 0 aromatic heterocycles. The van der Waals surface area contributed by atoms with Crippen LogP contribution in [0, 0.1) is 0 Å². The van der Waals surface area contributed by atoms with Crippen LogP contribution >= 0.6 is 23.2 Å². The zero-order valence-corrected chi connectivity index (χ0v) is 17.6. The standard InChI is InChI=1S/C22H21Cl2NO4/c1-28-21(26)17(11-15-3-7-19(23)8-4-15)13-25-14-18(22(27)29-2)12-16-5-9-20(24)10-6-16/h3-12,25H,13-14H2,1-2H3/b17-11+,18-12+. The lowest BCUT2D eigenvalue weighted by Crippen LogP contribution is -2.26. The summed E-state index contributed by atoms with van der Waals surface area (Å²) in [6, 6.07) is 14.1. The Labute approximate surface area is 179 Å². The lowest BCUT2D eigenvalue weighted by Gasteiger charge is -2.10. The molecule has 0 heterocycles. The molecule has 0 aliphatic rings. The minimum Gasteiger partial charge on any atom is -0.466 e. The van der Waals surface area contributed by atoms with Crippen molar-refractivity contribution in [2.24, 2.45) is 0 Å². The number of halogens is 2. The lowest BCUT2D eigenvalue weighted by atomic mass is 10.1. The smallest absolute Gasteiger partial charge is 0.335 e. The Morgan fingerprint density at radius 1 is 0.759 bits per heavy atom. The molecule has 1 N–H and O–H groups in total. The molecule has 0 fully saturated rings. The molecule has 2 rings (SSSR count). The van der Waals surface area contributed by atoms with Crippen LogP contribution in [0.5, 0.6) is 0 Å². The van der Waals surface area contributed by atoms with E-state index in [1.165, 1.54) is 14.2 Å². The van der Waals surface area contributed by atoms with E-state index in [1.807, 2.05) is 0 Å². The fourth-order valence-electron chi connectivity index (χ4n) is 2.48. The zero-order valence-electron chi connectivity index (χ0n) is 16.1. The van der Waals surface area contributed by atoms with E-state index in [4.69, 9.17) is 32.7 Å². The Balaban J connectivity index is 2.13. The molecule has 152 valence electrons.